The lowest BCUT2D eigenvalue weighted by Crippen LogP contribution is -2.31. The van der Waals surface area contributed by atoms with E-state index in [4.69, 9.17) is 8.85 Å². The monoisotopic (exact) mass is 792 g/mol. The fourth-order valence-electron chi connectivity index (χ4n) is 7.52. The summed E-state index contributed by atoms with van der Waals surface area (Å²) in [7, 11) is -4.24. The predicted octanol–water partition coefficient (Wildman–Crippen LogP) is 13.4. The third-order valence-electron chi connectivity index (χ3n) is 10.8. The second-order valence-corrected chi connectivity index (χ2v) is 31.5. The van der Waals surface area contributed by atoms with Gasteiger partial charge in [0, 0.05) is 25.7 Å². The third kappa shape index (κ3) is 10.1. The lowest BCUT2D eigenvalue weighted by molar-refractivity contribution is 0.459. The van der Waals surface area contributed by atoms with Gasteiger partial charge in [0.15, 0.2) is 0 Å². The van der Waals surface area contributed by atoms with Gasteiger partial charge < -0.3 is 19.1 Å². The standard InChI is InChI=1S/C50H72O4Si2/c1-47(2,3)39-23-31-19-35-27-41(49(7,8)9)29-37(45(35)53-55(13,14)15)21-33-25-40(48(4,5)6)26-34(44(33)52)22-38-30-42(50(10,11)12)28-36(20-32(24-39)43(31)51)46(38)54-56(16,17)18/h23-30,51-52H,19-22H2,1-18H3. The molecule has 0 heterocycles. The predicted molar refractivity (Wildman–Crippen MR) is 243 cm³/mol. The first kappa shape index (κ1) is 43.6. The molecular formula is C50H72O4Si2. The number of benzene rings is 4. The molecule has 0 saturated carbocycles. The van der Waals surface area contributed by atoms with Crippen LogP contribution in [0.1, 0.15) is 150 Å². The van der Waals surface area contributed by atoms with E-state index in [-0.39, 0.29) is 21.7 Å². The summed E-state index contributed by atoms with van der Waals surface area (Å²) in [5, 5.41) is 24.9. The van der Waals surface area contributed by atoms with Gasteiger partial charge >= 0.3 is 0 Å². The Balaban J connectivity index is 1.99. The maximum Gasteiger partial charge on any atom is 0.242 e. The normalized spacial score (nSPS) is 14.5. The second-order valence-electron chi connectivity index (χ2n) is 22.7. The molecule has 0 atom stereocenters. The largest absolute Gasteiger partial charge is 0.544 e. The summed E-state index contributed by atoms with van der Waals surface area (Å²) in [4.78, 5) is 0. The van der Waals surface area contributed by atoms with Crippen LogP contribution in [0.25, 0.3) is 0 Å². The summed E-state index contributed by atoms with van der Waals surface area (Å²) in [6.45, 7) is 40.4. The zero-order valence-corrected chi connectivity index (χ0v) is 40.2. The molecule has 1 aliphatic rings. The molecule has 8 bridgehead atoms. The van der Waals surface area contributed by atoms with Gasteiger partial charge in [0.2, 0.25) is 16.6 Å². The summed E-state index contributed by atoms with van der Waals surface area (Å²) in [6, 6.07) is 18.1. The minimum absolute atomic E-state index is 0.136. The van der Waals surface area contributed by atoms with Crippen LogP contribution < -0.4 is 8.85 Å². The molecule has 0 spiro atoms. The first-order valence-corrected chi connectivity index (χ1v) is 27.5. The van der Waals surface area contributed by atoms with Gasteiger partial charge in [0.05, 0.1) is 0 Å². The topological polar surface area (TPSA) is 58.9 Å². The molecule has 4 aromatic carbocycles. The molecule has 2 N–H and O–H groups in total. The number of aromatic hydroxyl groups is 2. The van der Waals surface area contributed by atoms with Crippen molar-refractivity contribution in [3.8, 4) is 23.0 Å². The van der Waals surface area contributed by atoms with Crippen molar-refractivity contribution in [2.75, 3.05) is 0 Å². The van der Waals surface area contributed by atoms with Gasteiger partial charge in [-0.25, -0.2) is 0 Å². The van der Waals surface area contributed by atoms with Crippen LogP contribution in [0.5, 0.6) is 23.0 Å². The van der Waals surface area contributed by atoms with Crippen molar-refractivity contribution < 1.29 is 19.1 Å². The van der Waals surface area contributed by atoms with Crippen LogP contribution in [0.4, 0.5) is 0 Å². The Labute approximate surface area is 342 Å². The highest BCUT2D eigenvalue weighted by Crippen LogP contribution is 2.44. The molecule has 4 aromatic rings. The molecule has 0 unspecified atom stereocenters. The highest BCUT2D eigenvalue weighted by atomic mass is 28.4. The summed E-state index contributed by atoms with van der Waals surface area (Å²) in [5.74, 6) is 2.45. The van der Waals surface area contributed by atoms with Crippen molar-refractivity contribution in [3.05, 3.63) is 115 Å². The summed E-state index contributed by atoms with van der Waals surface area (Å²) in [6.07, 6.45) is 2.07. The number of phenols is 2. The molecule has 0 fully saturated rings. The first-order valence-electron chi connectivity index (χ1n) is 20.7. The van der Waals surface area contributed by atoms with Crippen LogP contribution >= 0.6 is 0 Å². The zero-order chi connectivity index (χ0) is 42.1. The second kappa shape index (κ2) is 14.7. The molecule has 0 amide bonds. The van der Waals surface area contributed by atoms with Gasteiger partial charge in [-0.05, 0) is 128 Å². The maximum absolute atomic E-state index is 12.5. The van der Waals surface area contributed by atoms with Crippen LogP contribution in [0.15, 0.2) is 48.5 Å². The van der Waals surface area contributed by atoms with Crippen molar-refractivity contribution in [1.82, 2.24) is 0 Å². The molecule has 56 heavy (non-hydrogen) atoms. The molecule has 304 valence electrons. The molecule has 0 aliphatic heterocycles. The van der Waals surface area contributed by atoms with Gasteiger partial charge in [0.1, 0.15) is 23.0 Å². The third-order valence-corrected chi connectivity index (χ3v) is 12.5. The van der Waals surface area contributed by atoms with Crippen molar-refractivity contribution in [3.63, 3.8) is 0 Å². The minimum atomic E-state index is -2.12. The Hall–Kier alpha value is -3.49. The van der Waals surface area contributed by atoms with E-state index in [1.165, 1.54) is 22.3 Å². The van der Waals surface area contributed by atoms with Crippen molar-refractivity contribution in [1.29, 1.82) is 0 Å². The molecule has 4 nitrogen and oxygen atoms in total. The van der Waals surface area contributed by atoms with Gasteiger partial charge in [-0.1, -0.05) is 132 Å². The van der Waals surface area contributed by atoms with E-state index in [1.807, 2.05) is 0 Å². The van der Waals surface area contributed by atoms with Crippen molar-refractivity contribution in [2.45, 2.75) is 170 Å². The Kier molecular flexibility index (Phi) is 11.5. The SMILES string of the molecule is CC(C)(C)c1cc2c(O)c(c1)Cc1cc(C(C)(C)C)cc(c1O[Si](C)(C)C)Cc1cc(C(C)(C)C)cc(c1O)Cc1cc(C(C)(C)C)cc(c1O[Si](C)(C)C)C2. The van der Waals surface area contributed by atoms with Crippen molar-refractivity contribution >= 4 is 16.6 Å². The molecule has 0 aromatic heterocycles. The summed E-state index contributed by atoms with van der Waals surface area (Å²) in [5.41, 5.74) is 12.1. The Bertz CT molecular complexity index is 1870. The Morgan fingerprint density at radius 3 is 0.696 bits per heavy atom. The average molecular weight is 793 g/mol. The minimum Gasteiger partial charge on any atom is -0.544 e. The first-order chi connectivity index (χ1) is 25.3. The van der Waals surface area contributed by atoms with Gasteiger partial charge in [0.25, 0.3) is 0 Å². The summed E-state index contributed by atoms with van der Waals surface area (Å²) >= 11 is 0. The molecule has 0 saturated heterocycles. The van der Waals surface area contributed by atoms with E-state index in [0.29, 0.717) is 37.2 Å². The summed E-state index contributed by atoms with van der Waals surface area (Å²) < 4.78 is 14.2. The number of fused-ring (bicyclic) bond motifs is 8. The van der Waals surface area contributed by atoms with E-state index in [9.17, 15) is 10.2 Å². The van der Waals surface area contributed by atoms with E-state index in [2.05, 4.69) is 171 Å². The molecule has 5 rings (SSSR count). The van der Waals surface area contributed by atoms with E-state index >= 15 is 0 Å². The lowest BCUT2D eigenvalue weighted by atomic mass is 9.79. The van der Waals surface area contributed by atoms with Crippen LogP contribution in [0, 0.1) is 0 Å². The number of phenolic OH excluding ortho intramolecular Hbond substituents is 2. The van der Waals surface area contributed by atoms with Gasteiger partial charge in [-0.3, -0.25) is 0 Å². The smallest absolute Gasteiger partial charge is 0.242 e. The van der Waals surface area contributed by atoms with Crippen LogP contribution in [-0.2, 0) is 47.3 Å². The fourth-order valence-corrected chi connectivity index (χ4v) is 9.27. The van der Waals surface area contributed by atoms with E-state index in [0.717, 1.165) is 56.0 Å². The van der Waals surface area contributed by atoms with Gasteiger partial charge in [-0.15, -0.1) is 0 Å². The van der Waals surface area contributed by atoms with E-state index in [1.54, 1.807) is 0 Å². The Morgan fingerprint density at radius 2 is 0.536 bits per heavy atom. The van der Waals surface area contributed by atoms with Gasteiger partial charge in [-0.2, -0.15) is 0 Å². The van der Waals surface area contributed by atoms with Crippen LogP contribution in [0.3, 0.4) is 0 Å². The fraction of sp³-hybridized carbons (Fsp3) is 0.520. The van der Waals surface area contributed by atoms with Crippen LogP contribution in [-0.4, -0.2) is 26.8 Å². The Morgan fingerprint density at radius 1 is 0.357 bits per heavy atom. The maximum atomic E-state index is 12.5. The average Bonchev–Trinajstić information content (AvgIpc) is 2.99. The zero-order valence-electron chi connectivity index (χ0n) is 38.2. The lowest BCUT2D eigenvalue weighted by Gasteiger charge is -2.30. The quantitative estimate of drug-likeness (QED) is 0.178. The number of hydrogen-bond donors (Lipinski definition) is 2. The van der Waals surface area contributed by atoms with Crippen molar-refractivity contribution in [2.24, 2.45) is 0 Å². The molecule has 6 heteroatoms. The van der Waals surface area contributed by atoms with E-state index < -0.39 is 16.6 Å². The molecule has 1 aliphatic carbocycles. The highest BCUT2D eigenvalue weighted by Gasteiger charge is 2.31. The highest BCUT2D eigenvalue weighted by molar-refractivity contribution is 6.70. The number of rotatable bonds is 4. The number of hydrogen-bond acceptors (Lipinski definition) is 4. The molecule has 0 radical (unpaired) electrons. The molecular weight excluding hydrogens is 721 g/mol. The van der Waals surface area contributed by atoms with Crippen LogP contribution in [0.2, 0.25) is 39.3 Å².